The lowest BCUT2D eigenvalue weighted by Gasteiger charge is -2.27. The molecule has 0 aliphatic carbocycles. The molecule has 3 heterocycles. The number of nitrogens with zero attached hydrogens (tertiary/aromatic N) is 3. The number of nitrogens with one attached hydrogen (secondary N) is 1. The van der Waals surface area contributed by atoms with E-state index in [0.717, 1.165) is 32.7 Å². The van der Waals surface area contributed by atoms with Crippen molar-refractivity contribution in [3.05, 3.63) is 23.0 Å². The fourth-order valence-corrected chi connectivity index (χ4v) is 3.02. The summed E-state index contributed by atoms with van der Waals surface area (Å²) in [4.78, 5) is 4.95. The molecule has 1 N–H and O–H groups in total. The maximum absolute atomic E-state index is 3.41. The number of fused-ring (bicyclic) bond motifs is 1. The predicted molar refractivity (Wildman–Crippen MR) is 68.7 cm³/mol. The number of hydrogen-bond donors (Lipinski definition) is 1. The van der Waals surface area contributed by atoms with Gasteiger partial charge in [-0.15, -0.1) is 0 Å². The van der Waals surface area contributed by atoms with E-state index in [1.165, 1.54) is 24.3 Å². The van der Waals surface area contributed by atoms with Crippen molar-refractivity contribution in [2.75, 3.05) is 33.2 Å². The van der Waals surface area contributed by atoms with Crippen LogP contribution in [0, 0.1) is 0 Å². The highest BCUT2D eigenvalue weighted by molar-refractivity contribution is 5.35. The Morgan fingerprint density at radius 3 is 2.71 bits per heavy atom. The molecule has 2 aliphatic heterocycles. The van der Waals surface area contributed by atoms with E-state index in [-0.39, 0.29) is 0 Å². The monoisotopic (exact) mass is 234 g/mol. The molecule has 0 aromatic carbocycles. The second-order valence-corrected chi connectivity index (χ2v) is 5.39. The Hall–Kier alpha value is -0.840. The van der Waals surface area contributed by atoms with Crippen LogP contribution in [0.4, 0.5) is 0 Å². The third-order valence-electron chi connectivity index (χ3n) is 3.96. The zero-order valence-corrected chi connectivity index (χ0v) is 10.9. The number of aromatic nitrogens is 1. The molecular formula is C13H22N4. The average molecular weight is 234 g/mol. The van der Waals surface area contributed by atoms with E-state index < -0.39 is 0 Å². The lowest BCUT2D eigenvalue weighted by atomic mass is 10.2. The van der Waals surface area contributed by atoms with Crippen molar-refractivity contribution in [2.24, 2.45) is 7.05 Å². The largest absolute Gasteiger partial charge is 0.353 e. The molecule has 0 saturated carbocycles. The summed E-state index contributed by atoms with van der Waals surface area (Å²) >= 11 is 0. The summed E-state index contributed by atoms with van der Waals surface area (Å²) in [7, 11) is 4.39. The molecule has 0 spiro atoms. The topological polar surface area (TPSA) is 23.4 Å². The Bertz CT molecular complexity index is 404. The Kier molecular flexibility index (Phi) is 2.94. The first-order valence-corrected chi connectivity index (χ1v) is 6.51. The summed E-state index contributed by atoms with van der Waals surface area (Å²) in [6.07, 6.45) is 2.32. The van der Waals surface area contributed by atoms with Gasteiger partial charge in [0.05, 0.1) is 0 Å². The Balaban J connectivity index is 1.78. The van der Waals surface area contributed by atoms with Gasteiger partial charge in [0.2, 0.25) is 0 Å². The summed E-state index contributed by atoms with van der Waals surface area (Å²) in [5.74, 6) is 0. The van der Waals surface area contributed by atoms with Crippen molar-refractivity contribution < 1.29 is 0 Å². The van der Waals surface area contributed by atoms with Gasteiger partial charge in [-0.2, -0.15) is 0 Å². The number of hydrogen-bond acceptors (Lipinski definition) is 3. The van der Waals surface area contributed by atoms with Crippen molar-refractivity contribution in [1.82, 2.24) is 19.7 Å². The van der Waals surface area contributed by atoms with E-state index in [1.54, 1.807) is 5.56 Å². The van der Waals surface area contributed by atoms with Gasteiger partial charge in [0.1, 0.15) is 0 Å². The average Bonchev–Trinajstić information content (AvgIpc) is 2.79. The van der Waals surface area contributed by atoms with Gasteiger partial charge in [-0.25, -0.2) is 0 Å². The van der Waals surface area contributed by atoms with Crippen molar-refractivity contribution in [3.8, 4) is 0 Å². The Morgan fingerprint density at radius 1 is 1.18 bits per heavy atom. The number of rotatable bonds is 2. The predicted octanol–water partition coefficient (Wildman–Crippen LogP) is 0.376. The van der Waals surface area contributed by atoms with Crippen molar-refractivity contribution >= 4 is 0 Å². The van der Waals surface area contributed by atoms with E-state index >= 15 is 0 Å². The van der Waals surface area contributed by atoms with E-state index in [2.05, 4.69) is 40.0 Å². The van der Waals surface area contributed by atoms with Gasteiger partial charge in [-0.05, 0) is 18.2 Å². The fraction of sp³-hybridized carbons (Fsp3) is 0.692. The summed E-state index contributed by atoms with van der Waals surface area (Å²) in [5.41, 5.74) is 4.62. The van der Waals surface area contributed by atoms with Crippen LogP contribution in [0.1, 0.15) is 16.8 Å². The minimum atomic E-state index is 1.11. The first-order valence-electron chi connectivity index (χ1n) is 6.51. The molecule has 3 rings (SSSR count). The van der Waals surface area contributed by atoms with Gasteiger partial charge >= 0.3 is 0 Å². The molecule has 94 valence electrons. The summed E-state index contributed by atoms with van der Waals surface area (Å²) in [5, 5.41) is 3.41. The molecule has 0 unspecified atom stereocenters. The maximum atomic E-state index is 3.41. The van der Waals surface area contributed by atoms with E-state index in [9.17, 15) is 0 Å². The van der Waals surface area contributed by atoms with Gasteiger partial charge in [-0.1, -0.05) is 0 Å². The minimum Gasteiger partial charge on any atom is -0.353 e. The Morgan fingerprint density at radius 2 is 1.94 bits per heavy atom. The zero-order valence-electron chi connectivity index (χ0n) is 10.9. The highest BCUT2D eigenvalue weighted by Crippen LogP contribution is 2.27. The van der Waals surface area contributed by atoms with Gasteiger partial charge in [0.15, 0.2) is 0 Å². The third kappa shape index (κ3) is 2.12. The van der Waals surface area contributed by atoms with Crippen LogP contribution in [-0.4, -0.2) is 47.6 Å². The molecule has 0 amide bonds. The third-order valence-corrected chi connectivity index (χ3v) is 3.96. The molecule has 0 atom stereocenters. The van der Waals surface area contributed by atoms with E-state index in [4.69, 9.17) is 0 Å². The van der Waals surface area contributed by atoms with E-state index in [0.29, 0.717) is 0 Å². The van der Waals surface area contributed by atoms with Gasteiger partial charge in [0.25, 0.3) is 0 Å². The molecule has 2 aliphatic rings. The Labute approximate surface area is 103 Å². The molecule has 0 radical (unpaired) electrons. The van der Waals surface area contributed by atoms with Gasteiger partial charge in [0, 0.05) is 64.8 Å². The molecule has 4 heteroatoms. The van der Waals surface area contributed by atoms with Crippen LogP contribution < -0.4 is 5.32 Å². The standard InChI is InChI=1S/C13H22N4/c1-15-7-11-8-16(2)13(12(11)9-15)10-17-5-3-14-4-6-17/h8,14H,3-7,9-10H2,1-2H3. The number of aryl methyl sites for hydroxylation is 1. The minimum absolute atomic E-state index is 1.11. The van der Waals surface area contributed by atoms with Gasteiger partial charge < -0.3 is 9.88 Å². The first kappa shape index (κ1) is 11.3. The molecule has 1 aromatic rings. The zero-order chi connectivity index (χ0) is 11.8. The lowest BCUT2D eigenvalue weighted by Crippen LogP contribution is -2.43. The van der Waals surface area contributed by atoms with Crippen molar-refractivity contribution in [1.29, 1.82) is 0 Å². The quantitative estimate of drug-likeness (QED) is 0.800. The molecule has 1 fully saturated rings. The molecule has 17 heavy (non-hydrogen) atoms. The summed E-state index contributed by atoms with van der Waals surface area (Å²) in [6, 6.07) is 0. The van der Waals surface area contributed by atoms with Crippen LogP contribution in [0.25, 0.3) is 0 Å². The second-order valence-electron chi connectivity index (χ2n) is 5.39. The lowest BCUT2D eigenvalue weighted by molar-refractivity contribution is 0.227. The molecule has 1 saturated heterocycles. The van der Waals surface area contributed by atoms with Crippen LogP contribution in [0.5, 0.6) is 0 Å². The van der Waals surface area contributed by atoms with Crippen LogP contribution in [0.2, 0.25) is 0 Å². The highest BCUT2D eigenvalue weighted by Gasteiger charge is 2.23. The fourth-order valence-electron chi connectivity index (χ4n) is 3.02. The van der Waals surface area contributed by atoms with Crippen LogP contribution in [0.3, 0.4) is 0 Å². The van der Waals surface area contributed by atoms with E-state index in [1.807, 2.05) is 0 Å². The molecule has 1 aromatic heterocycles. The van der Waals surface area contributed by atoms with Crippen LogP contribution in [-0.2, 0) is 26.7 Å². The SMILES string of the molecule is CN1Cc2cn(C)c(CN3CCNCC3)c2C1. The number of piperazine rings is 1. The molecule has 4 nitrogen and oxygen atoms in total. The van der Waals surface area contributed by atoms with Crippen molar-refractivity contribution in [2.45, 2.75) is 19.6 Å². The van der Waals surface area contributed by atoms with Crippen LogP contribution >= 0.6 is 0 Å². The van der Waals surface area contributed by atoms with Crippen molar-refractivity contribution in [3.63, 3.8) is 0 Å². The normalized spacial score (nSPS) is 22.0. The first-order chi connectivity index (χ1) is 8.24. The van der Waals surface area contributed by atoms with Crippen LogP contribution in [0.15, 0.2) is 6.20 Å². The second kappa shape index (κ2) is 4.44. The molecule has 0 bridgehead atoms. The highest BCUT2D eigenvalue weighted by atomic mass is 15.2. The summed E-state index contributed by atoms with van der Waals surface area (Å²) in [6.45, 7) is 7.97. The summed E-state index contributed by atoms with van der Waals surface area (Å²) < 4.78 is 2.33. The maximum Gasteiger partial charge on any atom is 0.0391 e. The smallest absolute Gasteiger partial charge is 0.0391 e. The van der Waals surface area contributed by atoms with Gasteiger partial charge in [-0.3, -0.25) is 9.80 Å². The molecular weight excluding hydrogens is 212 g/mol.